The molecule has 0 bridgehead atoms. The molecule has 33 heavy (non-hydrogen) atoms. The van der Waals surface area contributed by atoms with Gasteiger partial charge in [0.1, 0.15) is 11.3 Å². The highest BCUT2D eigenvalue weighted by Gasteiger charge is 2.19. The maximum Gasteiger partial charge on any atom is 0.387 e. The highest BCUT2D eigenvalue weighted by atomic mass is 35.5. The van der Waals surface area contributed by atoms with Crippen LogP contribution < -0.4 is 14.6 Å². The van der Waals surface area contributed by atoms with E-state index in [1.807, 2.05) is 0 Å². The molecule has 8 nitrogen and oxygen atoms in total. The number of fused-ring (bicyclic) bond motifs is 3. The quantitative estimate of drug-likeness (QED) is 0.294. The molecule has 2 heterocycles. The summed E-state index contributed by atoms with van der Waals surface area (Å²) in [6.45, 7) is -3.15. The van der Waals surface area contributed by atoms with Crippen molar-refractivity contribution in [2.24, 2.45) is 4.99 Å². The highest BCUT2D eigenvalue weighted by Crippen LogP contribution is 2.39. The number of aliphatic imine (C=N–C) groups is 1. The smallest absolute Gasteiger partial charge is 0.387 e. The molecular formula is C20H12Cl2F2N3O5S-. The number of ether oxygens (including phenoxy) is 1. The van der Waals surface area contributed by atoms with Crippen molar-refractivity contribution < 1.29 is 31.5 Å². The molecule has 0 radical (unpaired) electrons. The Morgan fingerprint density at radius 3 is 2.55 bits per heavy atom. The summed E-state index contributed by atoms with van der Waals surface area (Å²) in [7, 11) is -3.61. The van der Waals surface area contributed by atoms with E-state index in [-0.39, 0.29) is 54.7 Å². The molecule has 2 aromatic carbocycles. The minimum absolute atomic E-state index is 0.0216. The molecule has 0 spiro atoms. The Morgan fingerprint density at radius 2 is 1.91 bits per heavy atom. The fourth-order valence-corrected chi connectivity index (χ4v) is 4.18. The van der Waals surface area contributed by atoms with E-state index in [1.165, 1.54) is 36.7 Å². The lowest BCUT2D eigenvalue weighted by Gasteiger charge is -2.15. The van der Waals surface area contributed by atoms with Crippen molar-refractivity contribution in [3.8, 4) is 5.75 Å². The predicted octanol–water partition coefficient (Wildman–Crippen LogP) is 4.70. The molecule has 0 aliphatic carbocycles. The summed E-state index contributed by atoms with van der Waals surface area (Å²) in [6.07, 6.45) is 3.48. The van der Waals surface area contributed by atoms with Crippen molar-refractivity contribution in [1.82, 2.24) is 4.98 Å². The van der Waals surface area contributed by atoms with Crippen LogP contribution in [0.25, 0.3) is 21.9 Å². The fourth-order valence-electron chi connectivity index (χ4n) is 3.17. The van der Waals surface area contributed by atoms with Gasteiger partial charge < -0.3 is 14.3 Å². The summed E-state index contributed by atoms with van der Waals surface area (Å²) in [6, 6.07) is 6.63. The van der Waals surface area contributed by atoms with Gasteiger partial charge in [-0.2, -0.15) is 8.78 Å². The molecule has 0 unspecified atom stereocenters. The molecule has 0 saturated heterocycles. The largest absolute Gasteiger partial charge is 0.858 e. The van der Waals surface area contributed by atoms with E-state index >= 15 is 0 Å². The topological polar surface area (TPSA) is 117 Å². The van der Waals surface area contributed by atoms with E-state index in [0.29, 0.717) is 0 Å². The van der Waals surface area contributed by atoms with Crippen molar-refractivity contribution in [3.63, 3.8) is 0 Å². The minimum atomic E-state index is -3.61. The summed E-state index contributed by atoms with van der Waals surface area (Å²) in [4.78, 5) is 7.74. The maximum atomic E-state index is 13.1. The number of nitrogens with zero attached hydrogens (tertiary/aromatic N) is 2. The van der Waals surface area contributed by atoms with Crippen LogP contribution in [0, 0.1) is 0 Å². The average Bonchev–Trinajstić information content (AvgIpc) is 3.09. The Hall–Kier alpha value is -3.15. The van der Waals surface area contributed by atoms with Crippen molar-refractivity contribution in [2.45, 2.75) is 6.61 Å². The van der Waals surface area contributed by atoms with Crippen LogP contribution in [0.15, 0.2) is 52.1 Å². The number of halogens is 4. The van der Waals surface area contributed by atoms with Gasteiger partial charge in [0, 0.05) is 28.9 Å². The average molecular weight is 515 g/mol. The molecule has 1 N–H and O–H groups in total. The number of anilines is 1. The van der Waals surface area contributed by atoms with Crippen LogP contribution in [0.3, 0.4) is 0 Å². The SMILES string of the molecule is CS(=O)(=O)Nc1ccc2oc3c(OC(F)F)ccc(C([O-])=Nc4c(Cl)cncc4Cl)c3c2c1. The van der Waals surface area contributed by atoms with Gasteiger partial charge in [0.05, 0.1) is 16.3 Å². The van der Waals surface area contributed by atoms with Crippen LogP contribution in [-0.2, 0) is 10.0 Å². The predicted molar refractivity (Wildman–Crippen MR) is 119 cm³/mol. The maximum absolute atomic E-state index is 13.1. The Balaban J connectivity index is 2.00. The minimum Gasteiger partial charge on any atom is -0.858 e. The van der Waals surface area contributed by atoms with Crippen LogP contribution in [0.5, 0.6) is 5.75 Å². The normalized spacial score (nSPS) is 12.6. The summed E-state index contributed by atoms with van der Waals surface area (Å²) in [5, 5.41) is 13.5. The third-order valence-electron chi connectivity index (χ3n) is 4.37. The molecular weight excluding hydrogens is 503 g/mol. The lowest BCUT2D eigenvalue weighted by atomic mass is 10.0. The lowest BCUT2D eigenvalue weighted by Crippen LogP contribution is -2.19. The zero-order valence-electron chi connectivity index (χ0n) is 16.5. The second kappa shape index (κ2) is 8.65. The zero-order valence-corrected chi connectivity index (χ0v) is 18.8. The molecule has 0 aliphatic heterocycles. The van der Waals surface area contributed by atoms with Gasteiger partial charge in [-0.25, -0.2) is 8.42 Å². The van der Waals surface area contributed by atoms with Crippen molar-refractivity contribution in [3.05, 3.63) is 58.3 Å². The summed E-state index contributed by atoms with van der Waals surface area (Å²) < 4.78 is 61.6. The van der Waals surface area contributed by atoms with E-state index in [0.717, 1.165) is 12.3 Å². The lowest BCUT2D eigenvalue weighted by molar-refractivity contribution is -0.212. The number of aromatic nitrogens is 1. The van der Waals surface area contributed by atoms with Crippen molar-refractivity contribution in [1.29, 1.82) is 0 Å². The standard InChI is InChI=1S/C20H13Cl2F2N3O5S/c1-33(29,30)27-9-2-4-14-11(6-9)16-10(3-5-15(18(16)31-14)32-20(23)24)19(28)26-17-12(21)7-25-8-13(17)22/h2-8,20,27H,1H3,(H,25,26,28)/p-1. The molecule has 172 valence electrons. The van der Waals surface area contributed by atoms with Gasteiger partial charge in [-0.3, -0.25) is 14.7 Å². The van der Waals surface area contributed by atoms with E-state index in [2.05, 4.69) is 19.4 Å². The second-order valence-electron chi connectivity index (χ2n) is 6.75. The number of nitrogens with one attached hydrogen (secondary N) is 1. The highest BCUT2D eigenvalue weighted by molar-refractivity contribution is 7.92. The second-order valence-corrected chi connectivity index (χ2v) is 9.31. The van der Waals surface area contributed by atoms with Gasteiger partial charge in [-0.05, 0) is 41.8 Å². The van der Waals surface area contributed by atoms with E-state index in [9.17, 15) is 22.3 Å². The van der Waals surface area contributed by atoms with Gasteiger partial charge in [-0.15, -0.1) is 0 Å². The molecule has 13 heteroatoms. The van der Waals surface area contributed by atoms with Crippen LogP contribution in [-0.4, -0.2) is 32.2 Å². The van der Waals surface area contributed by atoms with E-state index in [4.69, 9.17) is 27.6 Å². The van der Waals surface area contributed by atoms with Crippen LogP contribution in [0.2, 0.25) is 10.0 Å². The number of furan rings is 1. The molecule has 2 aromatic heterocycles. The summed E-state index contributed by atoms with van der Waals surface area (Å²) in [5.74, 6) is -1.12. The van der Waals surface area contributed by atoms with Gasteiger partial charge in [0.15, 0.2) is 11.3 Å². The Bertz CT molecular complexity index is 1500. The molecule has 4 aromatic rings. The van der Waals surface area contributed by atoms with Gasteiger partial charge in [0.25, 0.3) is 0 Å². The zero-order chi connectivity index (χ0) is 23.9. The molecule has 0 aliphatic rings. The first-order chi connectivity index (χ1) is 15.5. The van der Waals surface area contributed by atoms with Gasteiger partial charge in [-0.1, -0.05) is 23.2 Å². The molecule has 4 rings (SSSR count). The third-order valence-corrected chi connectivity index (χ3v) is 5.53. The van der Waals surface area contributed by atoms with Gasteiger partial charge >= 0.3 is 6.61 Å². The molecule has 0 atom stereocenters. The Morgan fingerprint density at radius 1 is 1.21 bits per heavy atom. The van der Waals surface area contributed by atoms with Crippen molar-refractivity contribution >= 4 is 72.4 Å². The van der Waals surface area contributed by atoms with E-state index < -0.39 is 22.5 Å². The number of benzene rings is 2. The number of pyridine rings is 1. The first-order valence-corrected chi connectivity index (χ1v) is 11.6. The molecule has 0 fully saturated rings. The number of hydrogen-bond acceptors (Lipinski definition) is 7. The number of rotatable bonds is 6. The summed E-state index contributed by atoms with van der Waals surface area (Å²) in [5.41, 5.74) is 0.166. The van der Waals surface area contributed by atoms with Crippen LogP contribution >= 0.6 is 23.2 Å². The van der Waals surface area contributed by atoms with Crippen molar-refractivity contribution in [2.75, 3.05) is 11.0 Å². The number of hydrogen-bond donors (Lipinski definition) is 1. The third kappa shape index (κ3) is 4.80. The fraction of sp³-hybridized carbons (Fsp3) is 0.100. The van der Waals surface area contributed by atoms with E-state index in [1.54, 1.807) is 0 Å². The monoisotopic (exact) mass is 514 g/mol. The molecule has 0 amide bonds. The number of sulfonamides is 1. The van der Waals surface area contributed by atoms with Crippen LogP contribution in [0.4, 0.5) is 20.2 Å². The van der Waals surface area contributed by atoms with Gasteiger partial charge in [0.2, 0.25) is 10.0 Å². The Kier molecular flexibility index (Phi) is 6.04. The summed E-state index contributed by atoms with van der Waals surface area (Å²) >= 11 is 12.1. The first-order valence-electron chi connectivity index (χ1n) is 9.00. The first kappa shape index (κ1) is 23.0. The molecule has 0 saturated carbocycles. The Labute approximate surface area is 195 Å². The van der Waals surface area contributed by atoms with Crippen LogP contribution in [0.1, 0.15) is 5.56 Å². The number of alkyl halides is 2.